The maximum absolute atomic E-state index is 6.10. The predicted molar refractivity (Wildman–Crippen MR) is 68.8 cm³/mol. The SMILES string of the molecule is C=C(Cc1ccc(Cl)cc1Cl)C(C)(C)C. The lowest BCUT2D eigenvalue weighted by Crippen LogP contribution is -2.10. The minimum atomic E-state index is 0.114. The Hall–Kier alpha value is -0.460. The molecule has 0 saturated carbocycles. The molecule has 0 bridgehead atoms. The highest BCUT2D eigenvalue weighted by Gasteiger charge is 2.16. The minimum Gasteiger partial charge on any atom is -0.0990 e. The molecule has 0 atom stereocenters. The number of allylic oxidation sites excluding steroid dienone is 1. The van der Waals surface area contributed by atoms with Crippen LogP contribution < -0.4 is 0 Å². The second kappa shape index (κ2) is 4.59. The van der Waals surface area contributed by atoms with Crippen LogP contribution in [0.1, 0.15) is 26.3 Å². The lowest BCUT2D eigenvalue weighted by molar-refractivity contribution is 0.494. The highest BCUT2D eigenvalue weighted by atomic mass is 35.5. The van der Waals surface area contributed by atoms with E-state index in [1.54, 1.807) is 6.07 Å². The molecule has 0 N–H and O–H groups in total. The number of benzene rings is 1. The molecule has 1 rings (SSSR count). The van der Waals surface area contributed by atoms with Gasteiger partial charge >= 0.3 is 0 Å². The fraction of sp³-hybridized carbons (Fsp3) is 0.385. The van der Waals surface area contributed by atoms with Gasteiger partial charge in [-0.1, -0.05) is 62.2 Å². The summed E-state index contributed by atoms with van der Waals surface area (Å²) in [5.41, 5.74) is 2.37. The van der Waals surface area contributed by atoms with Crippen molar-refractivity contribution in [3.8, 4) is 0 Å². The van der Waals surface area contributed by atoms with Gasteiger partial charge in [0, 0.05) is 10.0 Å². The number of hydrogen-bond donors (Lipinski definition) is 0. The van der Waals surface area contributed by atoms with Gasteiger partial charge < -0.3 is 0 Å². The van der Waals surface area contributed by atoms with Crippen LogP contribution in [0.15, 0.2) is 30.4 Å². The van der Waals surface area contributed by atoms with Gasteiger partial charge in [0.25, 0.3) is 0 Å². The molecule has 0 saturated heterocycles. The monoisotopic (exact) mass is 242 g/mol. The summed E-state index contributed by atoms with van der Waals surface area (Å²) in [5, 5.41) is 1.39. The Morgan fingerprint density at radius 1 is 1.27 bits per heavy atom. The van der Waals surface area contributed by atoms with Crippen molar-refractivity contribution in [1.29, 1.82) is 0 Å². The van der Waals surface area contributed by atoms with E-state index in [2.05, 4.69) is 27.4 Å². The van der Waals surface area contributed by atoms with Crippen LogP contribution in [0.25, 0.3) is 0 Å². The zero-order valence-corrected chi connectivity index (χ0v) is 10.9. The number of rotatable bonds is 2. The van der Waals surface area contributed by atoms with E-state index in [-0.39, 0.29) is 5.41 Å². The Morgan fingerprint density at radius 3 is 2.33 bits per heavy atom. The topological polar surface area (TPSA) is 0 Å². The molecular weight excluding hydrogens is 227 g/mol. The standard InChI is InChI=1S/C13H16Cl2/c1-9(13(2,3)4)7-10-5-6-11(14)8-12(10)15/h5-6,8H,1,7H2,2-4H3. The zero-order valence-electron chi connectivity index (χ0n) is 9.40. The fourth-order valence-electron chi connectivity index (χ4n) is 1.16. The van der Waals surface area contributed by atoms with Crippen LogP contribution in [-0.2, 0) is 6.42 Å². The molecule has 82 valence electrons. The van der Waals surface area contributed by atoms with E-state index in [0.29, 0.717) is 10.0 Å². The largest absolute Gasteiger partial charge is 0.0990 e. The van der Waals surface area contributed by atoms with Gasteiger partial charge in [-0.15, -0.1) is 0 Å². The normalized spacial score (nSPS) is 11.5. The van der Waals surface area contributed by atoms with Crippen molar-refractivity contribution in [3.63, 3.8) is 0 Å². The molecule has 2 heteroatoms. The highest BCUT2D eigenvalue weighted by Crippen LogP contribution is 2.30. The molecular formula is C13H16Cl2. The second-order valence-corrected chi connectivity index (χ2v) is 5.61. The highest BCUT2D eigenvalue weighted by molar-refractivity contribution is 6.35. The average molecular weight is 243 g/mol. The first-order valence-electron chi connectivity index (χ1n) is 4.93. The van der Waals surface area contributed by atoms with E-state index in [0.717, 1.165) is 12.0 Å². The minimum absolute atomic E-state index is 0.114. The van der Waals surface area contributed by atoms with Gasteiger partial charge in [0.1, 0.15) is 0 Å². The molecule has 0 amide bonds. The molecule has 1 aromatic carbocycles. The third-order valence-corrected chi connectivity index (χ3v) is 3.07. The van der Waals surface area contributed by atoms with Gasteiger partial charge in [-0.05, 0) is 29.5 Å². The molecule has 0 aliphatic heterocycles. The predicted octanol–water partition coefficient (Wildman–Crippen LogP) is 5.14. The summed E-state index contributed by atoms with van der Waals surface area (Å²) < 4.78 is 0. The van der Waals surface area contributed by atoms with Crippen molar-refractivity contribution in [3.05, 3.63) is 46.0 Å². The molecule has 1 aromatic rings. The van der Waals surface area contributed by atoms with Crippen molar-refractivity contribution in [2.24, 2.45) is 5.41 Å². The van der Waals surface area contributed by atoms with Crippen LogP contribution in [0.4, 0.5) is 0 Å². The molecule has 0 nitrogen and oxygen atoms in total. The first-order chi connectivity index (χ1) is 6.80. The van der Waals surface area contributed by atoms with E-state index >= 15 is 0 Å². The van der Waals surface area contributed by atoms with Gasteiger partial charge in [0.05, 0.1) is 0 Å². The maximum atomic E-state index is 6.10. The van der Waals surface area contributed by atoms with Crippen LogP contribution in [0.5, 0.6) is 0 Å². The molecule has 0 aliphatic rings. The molecule has 0 aliphatic carbocycles. The van der Waals surface area contributed by atoms with Gasteiger partial charge in [0.15, 0.2) is 0 Å². The van der Waals surface area contributed by atoms with Crippen LogP contribution in [0, 0.1) is 5.41 Å². The van der Waals surface area contributed by atoms with E-state index in [1.165, 1.54) is 5.57 Å². The summed E-state index contributed by atoms with van der Waals surface area (Å²) in [6.45, 7) is 10.5. The summed E-state index contributed by atoms with van der Waals surface area (Å²) in [6.07, 6.45) is 0.805. The Kier molecular flexibility index (Phi) is 3.86. The van der Waals surface area contributed by atoms with Crippen LogP contribution in [-0.4, -0.2) is 0 Å². The third-order valence-electron chi connectivity index (χ3n) is 2.48. The van der Waals surface area contributed by atoms with Crippen molar-refractivity contribution in [2.75, 3.05) is 0 Å². The van der Waals surface area contributed by atoms with E-state index in [1.807, 2.05) is 12.1 Å². The Labute approximate surface area is 102 Å². The number of hydrogen-bond acceptors (Lipinski definition) is 0. The summed E-state index contributed by atoms with van der Waals surface area (Å²) >= 11 is 11.9. The van der Waals surface area contributed by atoms with Crippen molar-refractivity contribution >= 4 is 23.2 Å². The smallest absolute Gasteiger partial charge is 0.0456 e. The third kappa shape index (κ3) is 3.55. The Balaban J connectivity index is 2.87. The van der Waals surface area contributed by atoms with Gasteiger partial charge in [-0.2, -0.15) is 0 Å². The van der Waals surface area contributed by atoms with Crippen LogP contribution >= 0.6 is 23.2 Å². The van der Waals surface area contributed by atoms with Crippen molar-refractivity contribution in [1.82, 2.24) is 0 Å². The Bertz CT molecular complexity index is 373. The quantitative estimate of drug-likeness (QED) is 0.631. The molecule has 0 aromatic heterocycles. The molecule has 15 heavy (non-hydrogen) atoms. The summed E-state index contributed by atoms with van der Waals surface area (Å²) in [7, 11) is 0. The fourth-order valence-corrected chi connectivity index (χ4v) is 1.64. The second-order valence-electron chi connectivity index (χ2n) is 4.77. The average Bonchev–Trinajstić information content (AvgIpc) is 2.08. The molecule has 0 radical (unpaired) electrons. The van der Waals surface area contributed by atoms with Gasteiger partial charge in [-0.25, -0.2) is 0 Å². The lowest BCUT2D eigenvalue weighted by Gasteiger charge is -2.22. The van der Waals surface area contributed by atoms with Crippen molar-refractivity contribution < 1.29 is 0 Å². The van der Waals surface area contributed by atoms with E-state index in [4.69, 9.17) is 23.2 Å². The van der Waals surface area contributed by atoms with E-state index < -0.39 is 0 Å². The first kappa shape index (κ1) is 12.6. The summed E-state index contributed by atoms with van der Waals surface area (Å²) in [5.74, 6) is 0. The zero-order chi connectivity index (χ0) is 11.6. The van der Waals surface area contributed by atoms with Gasteiger partial charge in [0.2, 0.25) is 0 Å². The molecule has 0 heterocycles. The number of halogens is 2. The van der Waals surface area contributed by atoms with E-state index in [9.17, 15) is 0 Å². The van der Waals surface area contributed by atoms with Crippen LogP contribution in [0.3, 0.4) is 0 Å². The molecule has 0 fully saturated rings. The van der Waals surface area contributed by atoms with Crippen molar-refractivity contribution in [2.45, 2.75) is 27.2 Å². The molecule has 0 unspecified atom stereocenters. The summed E-state index contributed by atoms with van der Waals surface area (Å²) in [4.78, 5) is 0. The summed E-state index contributed by atoms with van der Waals surface area (Å²) in [6, 6.07) is 5.59. The lowest BCUT2D eigenvalue weighted by atomic mass is 9.84. The van der Waals surface area contributed by atoms with Gasteiger partial charge in [-0.3, -0.25) is 0 Å². The van der Waals surface area contributed by atoms with Crippen LogP contribution in [0.2, 0.25) is 10.0 Å². The molecule has 0 spiro atoms. The first-order valence-corrected chi connectivity index (χ1v) is 5.68. The Morgan fingerprint density at radius 2 is 1.87 bits per heavy atom. The maximum Gasteiger partial charge on any atom is 0.0456 e.